The van der Waals surface area contributed by atoms with Crippen molar-refractivity contribution in [3.05, 3.63) is 89.1 Å². The van der Waals surface area contributed by atoms with Crippen molar-refractivity contribution in [1.29, 1.82) is 0 Å². The van der Waals surface area contributed by atoms with Crippen LogP contribution in [-0.4, -0.2) is 5.11 Å². The number of phenolic OH excluding ortho intramolecular Hbond substituents is 1. The van der Waals surface area contributed by atoms with Gasteiger partial charge in [-0.1, -0.05) is 48.5 Å². The summed E-state index contributed by atoms with van der Waals surface area (Å²) < 4.78 is 11.6. The minimum Gasteiger partial charge on any atom is -0.507 e. The quantitative estimate of drug-likeness (QED) is 0.577. The van der Waals surface area contributed by atoms with Crippen LogP contribution in [0.15, 0.2) is 88.1 Å². The van der Waals surface area contributed by atoms with Crippen molar-refractivity contribution in [3.8, 4) is 28.6 Å². The van der Waals surface area contributed by atoms with Gasteiger partial charge in [-0.25, -0.2) is 0 Å². The fourth-order valence-electron chi connectivity index (χ4n) is 2.67. The summed E-state index contributed by atoms with van der Waals surface area (Å²) in [6, 6.07) is 22.9. The van der Waals surface area contributed by atoms with Crippen LogP contribution in [0.5, 0.6) is 17.2 Å². The fraction of sp³-hybridized carbons (Fsp3) is 0. The van der Waals surface area contributed by atoms with E-state index >= 15 is 0 Å². The molecule has 0 aliphatic heterocycles. The molecule has 4 nitrogen and oxygen atoms in total. The number of rotatable bonds is 3. The molecular weight excluding hydrogens is 316 g/mol. The Bertz CT molecular complexity index is 1080. The van der Waals surface area contributed by atoms with Gasteiger partial charge >= 0.3 is 0 Å². The van der Waals surface area contributed by atoms with Gasteiger partial charge in [-0.05, 0) is 12.1 Å². The van der Waals surface area contributed by atoms with Gasteiger partial charge in [-0.2, -0.15) is 0 Å². The zero-order chi connectivity index (χ0) is 17.2. The third-order valence-corrected chi connectivity index (χ3v) is 3.82. The van der Waals surface area contributed by atoms with Crippen LogP contribution in [0.1, 0.15) is 0 Å². The van der Waals surface area contributed by atoms with Gasteiger partial charge in [0.25, 0.3) is 0 Å². The van der Waals surface area contributed by atoms with Crippen LogP contribution in [0.2, 0.25) is 0 Å². The summed E-state index contributed by atoms with van der Waals surface area (Å²) in [5.41, 5.74) is 0.761. The second-order valence-electron chi connectivity index (χ2n) is 5.57. The second-order valence-corrected chi connectivity index (χ2v) is 5.57. The van der Waals surface area contributed by atoms with E-state index in [0.717, 1.165) is 5.56 Å². The van der Waals surface area contributed by atoms with Crippen molar-refractivity contribution in [2.45, 2.75) is 0 Å². The Kier molecular flexibility index (Phi) is 3.71. The molecule has 0 aliphatic carbocycles. The number of phenols is 1. The number of fused-ring (bicyclic) bond motifs is 1. The Hall–Kier alpha value is -3.53. The number of ether oxygens (including phenoxy) is 1. The Balaban J connectivity index is 1.85. The van der Waals surface area contributed by atoms with Crippen LogP contribution < -0.4 is 10.2 Å². The first-order valence-electron chi connectivity index (χ1n) is 7.80. The molecule has 4 rings (SSSR count). The summed E-state index contributed by atoms with van der Waals surface area (Å²) in [4.78, 5) is 12.4. The average Bonchev–Trinajstić information content (AvgIpc) is 2.62. The largest absolute Gasteiger partial charge is 0.507 e. The minimum absolute atomic E-state index is 0.139. The summed E-state index contributed by atoms with van der Waals surface area (Å²) in [5.74, 6) is 1.29. The van der Waals surface area contributed by atoms with Crippen LogP contribution in [0.25, 0.3) is 22.3 Å². The monoisotopic (exact) mass is 330 g/mol. The van der Waals surface area contributed by atoms with Gasteiger partial charge in [-0.15, -0.1) is 0 Å². The highest BCUT2D eigenvalue weighted by Crippen LogP contribution is 2.33. The van der Waals surface area contributed by atoms with E-state index in [1.54, 1.807) is 18.2 Å². The van der Waals surface area contributed by atoms with Crippen LogP contribution in [0.4, 0.5) is 0 Å². The van der Waals surface area contributed by atoms with Crippen LogP contribution in [0, 0.1) is 0 Å². The summed E-state index contributed by atoms with van der Waals surface area (Å²) in [6.07, 6.45) is 0. The maximum atomic E-state index is 12.4. The molecule has 0 aliphatic rings. The first-order chi connectivity index (χ1) is 12.2. The van der Waals surface area contributed by atoms with Crippen molar-refractivity contribution in [1.82, 2.24) is 0 Å². The molecule has 4 heteroatoms. The SMILES string of the molecule is O=c1cc(-c2ccccc2)oc2cc(Oc3ccccc3)cc(O)c12. The van der Waals surface area contributed by atoms with Gasteiger partial charge in [0, 0.05) is 23.8 Å². The van der Waals surface area contributed by atoms with Crippen molar-refractivity contribution >= 4 is 11.0 Å². The summed E-state index contributed by atoms with van der Waals surface area (Å²) in [5, 5.41) is 10.4. The molecule has 0 saturated heterocycles. The van der Waals surface area contributed by atoms with Gasteiger partial charge in [0.05, 0.1) is 0 Å². The normalized spacial score (nSPS) is 10.7. The third kappa shape index (κ3) is 2.97. The molecule has 0 saturated carbocycles. The molecule has 0 radical (unpaired) electrons. The van der Waals surface area contributed by atoms with Crippen LogP contribution >= 0.6 is 0 Å². The van der Waals surface area contributed by atoms with Gasteiger partial charge in [0.2, 0.25) is 0 Å². The molecule has 1 N–H and O–H groups in total. The number of hydrogen-bond acceptors (Lipinski definition) is 4. The molecule has 0 atom stereocenters. The topological polar surface area (TPSA) is 59.7 Å². The number of hydrogen-bond donors (Lipinski definition) is 1. The highest BCUT2D eigenvalue weighted by atomic mass is 16.5. The predicted octanol–water partition coefficient (Wildman–Crippen LogP) is 4.96. The maximum absolute atomic E-state index is 12.4. The van der Waals surface area contributed by atoms with E-state index in [2.05, 4.69) is 0 Å². The number of benzene rings is 3. The van der Waals surface area contributed by atoms with E-state index in [0.29, 0.717) is 17.3 Å². The smallest absolute Gasteiger partial charge is 0.197 e. The van der Waals surface area contributed by atoms with Gasteiger partial charge in [-0.3, -0.25) is 4.79 Å². The van der Waals surface area contributed by atoms with E-state index in [-0.39, 0.29) is 22.1 Å². The maximum Gasteiger partial charge on any atom is 0.197 e. The van der Waals surface area contributed by atoms with Crippen molar-refractivity contribution in [2.24, 2.45) is 0 Å². The Morgan fingerprint density at radius 1 is 0.800 bits per heavy atom. The molecule has 0 fully saturated rings. The number of aromatic hydroxyl groups is 1. The molecule has 0 spiro atoms. The van der Waals surface area contributed by atoms with E-state index < -0.39 is 0 Å². The van der Waals surface area contributed by atoms with Gasteiger partial charge in [0.1, 0.15) is 34.0 Å². The van der Waals surface area contributed by atoms with Crippen LogP contribution in [0.3, 0.4) is 0 Å². The summed E-state index contributed by atoms with van der Waals surface area (Å²) in [6.45, 7) is 0. The standard InChI is InChI=1S/C21H14O4/c22-17-11-16(24-15-9-5-2-6-10-15)12-20-21(17)18(23)13-19(25-20)14-7-3-1-4-8-14/h1-13,22H. The van der Waals surface area contributed by atoms with Crippen molar-refractivity contribution in [3.63, 3.8) is 0 Å². The van der Waals surface area contributed by atoms with E-state index in [4.69, 9.17) is 9.15 Å². The first-order valence-corrected chi connectivity index (χ1v) is 7.80. The van der Waals surface area contributed by atoms with E-state index in [1.165, 1.54) is 12.1 Å². The molecule has 3 aromatic carbocycles. The van der Waals surface area contributed by atoms with Gasteiger partial charge in [0.15, 0.2) is 5.43 Å². The first kappa shape index (κ1) is 15.0. The average molecular weight is 330 g/mol. The molecule has 0 amide bonds. The summed E-state index contributed by atoms with van der Waals surface area (Å²) in [7, 11) is 0. The lowest BCUT2D eigenvalue weighted by atomic mass is 10.1. The lowest BCUT2D eigenvalue weighted by Crippen LogP contribution is -2.01. The molecule has 122 valence electrons. The highest BCUT2D eigenvalue weighted by molar-refractivity contribution is 5.86. The molecule has 1 heterocycles. The molecule has 0 unspecified atom stereocenters. The molecule has 1 aromatic heterocycles. The van der Waals surface area contributed by atoms with Gasteiger partial charge < -0.3 is 14.3 Å². The highest BCUT2D eigenvalue weighted by Gasteiger charge is 2.13. The van der Waals surface area contributed by atoms with Crippen molar-refractivity contribution in [2.75, 3.05) is 0 Å². The lowest BCUT2D eigenvalue weighted by molar-refractivity contribution is 0.457. The van der Waals surface area contributed by atoms with E-state index in [9.17, 15) is 9.90 Å². The Labute approximate surface area is 143 Å². The zero-order valence-corrected chi connectivity index (χ0v) is 13.2. The Morgan fingerprint density at radius 2 is 1.48 bits per heavy atom. The third-order valence-electron chi connectivity index (χ3n) is 3.82. The van der Waals surface area contributed by atoms with Crippen molar-refractivity contribution < 1.29 is 14.3 Å². The minimum atomic E-state index is -0.302. The second kappa shape index (κ2) is 6.17. The summed E-state index contributed by atoms with van der Waals surface area (Å²) >= 11 is 0. The van der Waals surface area contributed by atoms with Crippen LogP contribution in [-0.2, 0) is 0 Å². The Morgan fingerprint density at radius 3 is 2.20 bits per heavy atom. The number of para-hydroxylation sites is 1. The lowest BCUT2D eigenvalue weighted by Gasteiger charge is -2.09. The zero-order valence-electron chi connectivity index (χ0n) is 13.2. The molecule has 0 bridgehead atoms. The fourth-order valence-corrected chi connectivity index (χ4v) is 2.67. The molecule has 25 heavy (non-hydrogen) atoms. The molecular formula is C21H14O4. The predicted molar refractivity (Wildman–Crippen MR) is 96.1 cm³/mol. The van der Waals surface area contributed by atoms with E-state index in [1.807, 2.05) is 48.5 Å². The molecule has 4 aromatic rings.